The molecule has 0 aliphatic carbocycles. The van der Waals surface area contributed by atoms with Gasteiger partial charge in [0.25, 0.3) is 0 Å². The predicted octanol–water partition coefficient (Wildman–Crippen LogP) is 1.94. The summed E-state index contributed by atoms with van der Waals surface area (Å²) in [6.07, 6.45) is -6.44. The SMILES string of the molecule is CC(C)C(C)(NC(=O)CCC(F)(F)F)C(=O)O. The zero-order valence-electron chi connectivity index (χ0n) is 9.89. The van der Waals surface area contributed by atoms with Gasteiger partial charge in [0.15, 0.2) is 0 Å². The fourth-order valence-electron chi connectivity index (χ4n) is 1.05. The minimum atomic E-state index is -4.42. The van der Waals surface area contributed by atoms with E-state index in [1.807, 2.05) is 0 Å². The van der Waals surface area contributed by atoms with Gasteiger partial charge in [-0.25, -0.2) is 4.79 Å². The number of carbonyl (C=O) groups is 2. The Morgan fingerprint density at radius 2 is 1.76 bits per heavy atom. The van der Waals surface area contributed by atoms with Crippen molar-refractivity contribution >= 4 is 11.9 Å². The Labute approximate surface area is 97.2 Å². The number of rotatable bonds is 5. The maximum absolute atomic E-state index is 11.9. The molecule has 0 fully saturated rings. The highest BCUT2D eigenvalue weighted by atomic mass is 19.4. The molecule has 0 bridgehead atoms. The monoisotopic (exact) mass is 255 g/mol. The lowest BCUT2D eigenvalue weighted by Gasteiger charge is -2.30. The van der Waals surface area contributed by atoms with Crippen LogP contribution in [-0.4, -0.2) is 28.7 Å². The van der Waals surface area contributed by atoms with Gasteiger partial charge < -0.3 is 10.4 Å². The van der Waals surface area contributed by atoms with E-state index < -0.39 is 42.4 Å². The molecule has 0 saturated heterocycles. The molecule has 17 heavy (non-hydrogen) atoms. The van der Waals surface area contributed by atoms with Crippen molar-refractivity contribution < 1.29 is 27.9 Å². The van der Waals surface area contributed by atoms with E-state index >= 15 is 0 Å². The Bertz CT molecular complexity index is 302. The van der Waals surface area contributed by atoms with E-state index in [1.165, 1.54) is 6.92 Å². The first-order chi connectivity index (χ1) is 7.49. The van der Waals surface area contributed by atoms with Gasteiger partial charge in [0.2, 0.25) is 5.91 Å². The van der Waals surface area contributed by atoms with Crippen molar-refractivity contribution in [3.8, 4) is 0 Å². The first-order valence-electron chi connectivity index (χ1n) is 5.10. The largest absolute Gasteiger partial charge is 0.480 e. The molecular formula is C10H16F3NO3. The summed E-state index contributed by atoms with van der Waals surface area (Å²) in [6, 6.07) is 0. The third kappa shape index (κ3) is 5.06. The smallest absolute Gasteiger partial charge is 0.389 e. The van der Waals surface area contributed by atoms with Crippen LogP contribution in [0.1, 0.15) is 33.6 Å². The van der Waals surface area contributed by atoms with E-state index in [-0.39, 0.29) is 0 Å². The van der Waals surface area contributed by atoms with Crippen LogP contribution in [0.3, 0.4) is 0 Å². The Morgan fingerprint density at radius 3 is 2.06 bits per heavy atom. The number of carboxylic acid groups (broad SMARTS) is 1. The number of hydrogen-bond donors (Lipinski definition) is 2. The average molecular weight is 255 g/mol. The molecule has 1 unspecified atom stereocenters. The van der Waals surface area contributed by atoms with Crippen LogP contribution in [0, 0.1) is 5.92 Å². The number of halogens is 3. The summed E-state index contributed by atoms with van der Waals surface area (Å²) in [5.41, 5.74) is -1.55. The topological polar surface area (TPSA) is 66.4 Å². The second kappa shape index (κ2) is 5.37. The van der Waals surface area contributed by atoms with Gasteiger partial charge in [-0.3, -0.25) is 4.79 Å². The molecule has 0 heterocycles. The van der Waals surface area contributed by atoms with E-state index in [4.69, 9.17) is 5.11 Å². The molecule has 7 heteroatoms. The van der Waals surface area contributed by atoms with Gasteiger partial charge in [-0.1, -0.05) is 13.8 Å². The maximum Gasteiger partial charge on any atom is 0.389 e. The van der Waals surface area contributed by atoms with E-state index in [0.29, 0.717) is 0 Å². The molecule has 0 aromatic heterocycles. The number of alkyl halides is 3. The van der Waals surface area contributed by atoms with Crippen molar-refractivity contribution in [2.45, 2.75) is 45.3 Å². The number of amides is 1. The van der Waals surface area contributed by atoms with Crippen LogP contribution in [0.2, 0.25) is 0 Å². The number of nitrogens with one attached hydrogen (secondary N) is 1. The van der Waals surface area contributed by atoms with Crippen LogP contribution in [0.15, 0.2) is 0 Å². The van der Waals surface area contributed by atoms with E-state index in [9.17, 15) is 22.8 Å². The Hall–Kier alpha value is -1.27. The molecule has 0 aromatic carbocycles. The molecule has 1 amide bonds. The molecule has 0 radical (unpaired) electrons. The zero-order chi connectivity index (χ0) is 13.9. The first kappa shape index (κ1) is 15.7. The molecule has 0 saturated carbocycles. The zero-order valence-corrected chi connectivity index (χ0v) is 9.89. The molecule has 0 spiro atoms. The molecule has 0 aromatic rings. The number of carbonyl (C=O) groups excluding carboxylic acids is 1. The lowest BCUT2D eigenvalue weighted by molar-refractivity contribution is -0.151. The van der Waals surface area contributed by atoms with E-state index in [1.54, 1.807) is 13.8 Å². The summed E-state index contributed by atoms with van der Waals surface area (Å²) >= 11 is 0. The lowest BCUT2D eigenvalue weighted by Crippen LogP contribution is -2.55. The van der Waals surface area contributed by atoms with Gasteiger partial charge in [-0.15, -0.1) is 0 Å². The number of hydrogen-bond acceptors (Lipinski definition) is 2. The van der Waals surface area contributed by atoms with Crippen molar-refractivity contribution in [2.24, 2.45) is 5.92 Å². The highest BCUT2D eigenvalue weighted by Crippen LogP contribution is 2.22. The Kier molecular flexibility index (Phi) is 4.97. The van der Waals surface area contributed by atoms with Gasteiger partial charge in [0, 0.05) is 6.42 Å². The van der Waals surface area contributed by atoms with Crippen molar-refractivity contribution in [3.63, 3.8) is 0 Å². The van der Waals surface area contributed by atoms with Crippen LogP contribution < -0.4 is 5.32 Å². The van der Waals surface area contributed by atoms with E-state index in [2.05, 4.69) is 5.32 Å². The van der Waals surface area contributed by atoms with Gasteiger partial charge in [-0.2, -0.15) is 13.2 Å². The quantitative estimate of drug-likeness (QED) is 0.789. The number of carboxylic acids is 1. The standard InChI is InChI=1S/C10H16F3NO3/c1-6(2)9(3,8(16)17)14-7(15)4-5-10(11,12)13/h6H,4-5H2,1-3H3,(H,14,15)(H,16,17). The lowest BCUT2D eigenvalue weighted by atomic mass is 9.88. The summed E-state index contributed by atoms with van der Waals surface area (Å²) < 4.78 is 35.6. The highest BCUT2D eigenvalue weighted by molar-refractivity contribution is 5.86. The second-order valence-electron chi connectivity index (χ2n) is 4.33. The fraction of sp³-hybridized carbons (Fsp3) is 0.800. The maximum atomic E-state index is 11.9. The van der Waals surface area contributed by atoms with Crippen molar-refractivity contribution in [1.82, 2.24) is 5.32 Å². The summed E-state index contributed by atoms with van der Waals surface area (Å²) in [4.78, 5) is 22.2. The third-order valence-electron chi connectivity index (χ3n) is 2.63. The summed E-state index contributed by atoms with van der Waals surface area (Å²) in [5, 5.41) is 11.1. The van der Waals surface area contributed by atoms with Crippen LogP contribution in [-0.2, 0) is 9.59 Å². The molecule has 0 aliphatic heterocycles. The van der Waals surface area contributed by atoms with Crippen LogP contribution in [0.5, 0.6) is 0 Å². The van der Waals surface area contributed by atoms with Crippen molar-refractivity contribution in [2.75, 3.05) is 0 Å². The third-order valence-corrected chi connectivity index (χ3v) is 2.63. The normalized spacial score (nSPS) is 15.5. The Balaban J connectivity index is 4.49. The van der Waals surface area contributed by atoms with Gasteiger partial charge >= 0.3 is 12.1 Å². The summed E-state index contributed by atoms with van der Waals surface area (Å²) in [7, 11) is 0. The molecule has 1 atom stereocenters. The van der Waals surface area contributed by atoms with Gasteiger partial charge in [-0.05, 0) is 12.8 Å². The van der Waals surface area contributed by atoms with Crippen molar-refractivity contribution in [3.05, 3.63) is 0 Å². The minimum Gasteiger partial charge on any atom is -0.480 e. The molecule has 4 nitrogen and oxygen atoms in total. The second-order valence-corrected chi connectivity index (χ2v) is 4.33. The van der Waals surface area contributed by atoms with Crippen LogP contribution in [0.25, 0.3) is 0 Å². The predicted molar refractivity (Wildman–Crippen MR) is 54.3 cm³/mol. The molecular weight excluding hydrogens is 239 g/mol. The molecule has 2 N–H and O–H groups in total. The summed E-state index contributed by atoms with van der Waals surface area (Å²) in [5.74, 6) is -2.62. The van der Waals surface area contributed by atoms with Crippen LogP contribution in [0.4, 0.5) is 13.2 Å². The molecule has 100 valence electrons. The minimum absolute atomic E-state index is 0.435. The molecule has 0 rings (SSSR count). The highest BCUT2D eigenvalue weighted by Gasteiger charge is 2.38. The average Bonchev–Trinajstić information content (AvgIpc) is 2.12. The van der Waals surface area contributed by atoms with Gasteiger partial charge in [0.05, 0.1) is 6.42 Å². The van der Waals surface area contributed by atoms with Crippen LogP contribution >= 0.6 is 0 Å². The van der Waals surface area contributed by atoms with Crippen molar-refractivity contribution in [1.29, 1.82) is 0 Å². The Morgan fingerprint density at radius 1 is 1.29 bits per heavy atom. The first-order valence-corrected chi connectivity index (χ1v) is 5.10. The van der Waals surface area contributed by atoms with Gasteiger partial charge in [0.1, 0.15) is 5.54 Å². The fourth-order valence-corrected chi connectivity index (χ4v) is 1.05. The summed E-state index contributed by atoms with van der Waals surface area (Å²) in [6.45, 7) is 4.40. The molecule has 0 aliphatic rings. The van der Waals surface area contributed by atoms with E-state index in [0.717, 1.165) is 0 Å². The number of aliphatic carboxylic acids is 1.